The van der Waals surface area contributed by atoms with E-state index in [0.717, 1.165) is 24.8 Å². The Kier molecular flexibility index (Phi) is 5.65. The molecule has 0 aliphatic rings. The predicted molar refractivity (Wildman–Crippen MR) is 70.9 cm³/mol. The number of nitrogens with zero attached hydrogens (tertiary/aromatic N) is 3. The number of halogens is 1. The molecule has 0 fully saturated rings. The lowest BCUT2D eigenvalue weighted by Gasteiger charge is -2.19. The highest BCUT2D eigenvalue weighted by molar-refractivity contribution is 6.29. The van der Waals surface area contributed by atoms with Gasteiger partial charge in [-0.05, 0) is 6.92 Å². The summed E-state index contributed by atoms with van der Waals surface area (Å²) >= 11 is 5.99. The zero-order chi connectivity index (χ0) is 12.8. The molecule has 0 radical (unpaired) electrons. The molecule has 0 aliphatic heterocycles. The van der Waals surface area contributed by atoms with Crippen molar-refractivity contribution in [1.29, 1.82) is 0 Å². The van der Waals surface area contributed by atoms with Crippen molar-refractivity contribution in [2.24, 2.45) is 0 Å². The van der Waals surface area contributed by atoms with E-state index >= 15 is 0 Å². The minimum atomic E-state index is 0.271. The summed E-state index contributed by atoms with van der Waals surface area (Å²) in [6.45, 7) is 8.30. The number of anilines is 1. The molecule has 0 atom stereocenters. The van der Waals surface area contributed by atoms with Gasteiger partial charge in [0.25, 0.3) is 0 Å². The molecule has 1 aromatic rings. The molecule has 0 saturated heterocycles. The van der Waals surface area contributed by atoms with E-state index in [2.05, 4.69) is 23.8 Å². The van der Waals surface area contributed by atoms with Gasteiger partial charge in [0.2, 0.25) is 0 Å². The molecule has 0 N–H and O–H groups in total. The molecule has 0 unspecified atom stereocenters. The summed E-state index contributed by atoms with van der Waals surface area (Å²) in [5.74, 6) is 1.89. The van der Waals surface area contributed by atoms with Gasteiger partial charge in [-0.1, -0.05) is 25.4 Å². The summed E-state index contributed by atoms with van der Waals surface area (Å²) in [7, 11) is 1.97. The van der Waals surface area contributed by atoms with E-state index in [4.69, 9.17) is 16.3 Å². The zero-order valence-corrected chi connectivity index (χ0v) is 11.7. The van der Waals surface area contributed by atoms with Crippen molar-refractivity contribution in [1.82, 2.24) is 9.97 Å². The Bertz CT molecular complexity index is 358. The van der Waals surface area contributed by atoms with Crippen LogP contribution in [0.1, 0.15) is 32.5 Å². The molecule has 5 heteroatoms. The highest BCUT2D eigenvalue weighted by atomic mass is 35.5. The molecule has 0 aliphatic carbocycles. The zero-order valence-electron chi connectivity index (χ0n) is 10.9. The molecule has 0 amide bonds. The van der Waals surface area contributed by atoms with Crippen LogP contribution in [0.3, 0.4) is 0 Å². The van der Waals surface area contributed by atoms with E-state index < -0.39 is 0 Å². The van der Waals surface area contributed by atoms with Crippen molar-refractivity contribution in [2.75, 3.05) is 31.7 Å². The van der Waals surface area contributed by atoms with Crippen molar-refractivity contribution in [3.05, 3.63) is 17.0 Å². The van der Waals surface area contributed by atoms with Crippen LogP contribution in [-0.2, 0) is 4.74 Å². The maximum absolute atomic E-state index is 5.99. The predicted octanol–water partition coefficient (Wildman–Crippen LogP) is 2.73. The maximum atomic E-state index is 5.99. The SMILES string of the molecule is CCOCCN(C)c1cc(Cl)nc(C(C)C)n1. The minimum Gasteiger partial charge on any atom is -0.380 e. The van der Waals surface area contributed by atoms with Crippen LogP contribution in [0.15, 0.2) is 6.07 Å². The summed E-state index contributed by atoms with van der Waals surface area (Å²) < 4.78 is 5.32. The first-order valence-corrected chi connectivity index (χ1v) is 6.25. The minimum absolute atomic E-state index is 0.271. The van der Waals surface area contributed by atoms with Crippen LogP contribution in [0, 0.1) is 0 Å². The lowest BCUT2D eigenvalue weighted by molar-refractivity contribution is 0.154. The van der Waals surface area contributed by atoms with Crippen LogP contribution < -0.4 is 4.90 Å². The van der Waals surface area contributed by atoms with Crippen molar-refractivity contribution in [3.8, 4) is 0 Å². The van der Waals surface area contributed by atoms with E-state index in [1.165, 1.54) is 0 Å². The molecule has 1 aromatic heterocycles. The number of hydrogen-bond donors (Lipinski definition) is 0. The largest absolute Gasteiger partial charge is 0.380 e. The van der Waals surface area contributed by atoms with Gasteiger partial charge in [-0.2, -0.15) is 0 Å². The van der Waals surface area contributed by atoms with Crippen LogP contribution >= 0.6 is 11.6 Å². The fourth-order valence-corrected chi connectivity index (χ4v) is 1.52. The standard InChI is InChI=1S/C12H20ClN3O/c1-5-17-7-6-16(4)11-8-10(13)14-12(15-11)9(2)3/h8-9H,5-7H2,1-4H3. The van der Waals surface area contributed by atoms with Crippen LogP contribution in [0.25, 0.3) is 0 Å². The Morgan fingerprint density at radius 3 is 2.71 bits per heavy atom. The first kappa shape index (κ1) is 14.2. The van der Waals surface area contributed by atoms with Gasteiger partial charge in [-0.3, -0.25) is 0 Å². The summed E-state index contributed by atoms with van der Waals surface area (Å²) in [5.41, 5.74) is 0. The molecule has 0 aromatic carbocycles. The summed E-state index contributed by atoms with van der Waals surface area (Å²) in [6.07, 6.45) is 0. The Morgan fingerprint density at radius 1 is 1.41 bits per heavy atom. The highest BCUT2D eigenvalue weighted by Crippen LogP contribution is 2.18. The van der Waals surface area contributed by atoms with E-state index in [1.54, 1.807) is 6.07 Å². The fourth-order valence-electron chi connectivity index (χ4n) is 1.34. The number of likely N-dealkylation sites (N-methyl/N-ethyl adjacent to an activating group) is 1. The number of hydrogen-bond acceptors (Lipinski definition) is 4. The Morgan fingerprint density at radius 2 is 2.12 bits per heavy atom. The van der Waals surface area contributed by atoms with Gasteiger partial charge in [0.1, 0.15) is 16.8 Å². The second-order valence-electron chi connectivity index (χ2n) is 4.18. The Labute approximate surface area is 108 Å². The number of rotatable bonds is 6. The van der Waals surface area contributed by atoms with Crippen molar-refractivity contribution in [3.63, 3.8) is 0 Å². The van der Waals surface area contributed by atoms with E-state index in [-0.39, 0.29) is 5.92 Å². The van der Waals surface area contributed by atoms with Gasteiger partial charge in [0.15, 0.2) is 0 Å². The van der Waals surface area contributed by atoms with E-state index in [0.29, 0.717) is 11.8 Å². The molecular weight excluding hydrogens is 238 g/mol. The van der Waals surface area contributed by atoms with Crippen molar-refractivity contribution < 1.29 is 4.74 Å². The van der Waals surface area contributed by atoms with E-state index in [9.17, 15) is 0 Å². The van der Waals surface area contributed by atoms with Crippen molar-refractivity contribution >= 4 is 17.4 Å². The molecule has 1 rings (SSSR count). The number of aromatic nitrogens is 2. The highest BCUT2D eigenvalue weighted by Gasteiger charge is 2.09. The van der Waals surface area contributed by atoms with Crippen LogP contribution in [-0.4, -0.2) is 36.8 Å². The molecule has 0 saturated carbocycles. The first-order chi connectivity index (χ1) is 8.04. The van der Waals surface area contributed by atoms with Gasteiger partial charge in [0, 0.05) is 32.2 Å². The van der Waals surface area contributed by atoms with Gasteiger partial charge in [-0.25, -0.2) is 9.97 Å². The first-order valence-electron chi connectivity index (χ1n) is 5.88. The molecule has 4 nitrogen and oxygen atoms in total. The van der Waals surface area contributed by atoms with E-state index in [1.807, 2.05) is 18.9 Å². The lowest BCUT2D eigenvalue weighted by atomic mass is 10.2. The molecule has 96 valence electrons. The Hall–Kier alpha value is -0.870. The van der Waals surface area contributed by atoms with Crippen LogP contribution in [0.2, 0.25) is 5.15 Å². The second-order valence-corrected chi connectivity index (χ2v) is 4.57. The third-order valence-corrected chi connectivity index (χ3v) is 2.57. The third kappa shape index (κ3) is 4.48. The van der Waals surface area contributed by atoms with Gasteiger partial charge in [-0.15, -0.1) is 0 Å². The summed E-state index contributed by atoms with van der Waals surface area (Å²) in [6, 6.07) is 1.78. The monoisotopic (exact) mass is 257 g/mol. The average Bonchev–Trinajstić information content (AvgIpc) is 2.28. The fraction of sp³-hybridized carbons (Fsp3) is 0.667. The molecule has 0 bridgehead atoms. The average molecular weight is 258 g/mol. The Balaban J connectivity index is 2.75. The summed E-state index contributed by atoms with van der Waals surface area (Å²) in [4.78, 5) is 10.7. The quantitative estimate of drug-likeness (QED) is 0.580. The van der Waals surface area contributed by atoms with Crippen molar-refractivity contribution in [2.45, 2.75) is 26.7 Å². The molecule has 0 spiro atoms. The topological polar surface area (TPSA) is 38.2 Å². The molecule has 17 heavy (non-hydrogen) atoms. The maximum Gasteiger partial charge on any atom is 0.135 e. The molecule has 1 heterocycles. The van der Waals surface area contributed by atoms with Gasteiger partial charge < -0.3 is 9.64 Å². The van der Waals surface area contributed by atoms with Gasteiger partial charge in [0.05, 0.1) is 6.61 Å². The van der Waals surface area contributed by atoms with Gasteiger partial charge >= 0.3 is 0 Å². The molecular formula is C12H20ClN3O. The number of ether oxygens (including phenoxy) is 1. The summed E-state index contributed by atoms with van der Waals surface area (Å²) in [5, 5.41) is 0.488. The van der Waals surface area contributed by atoms with Crippen LogP contribution in [0.4, 0.5) is 5.82 Å². The second kappa shape index (κ2) is 6.77. The normalized spacial score (nSPS) is 10.9. The third-order valence-electron chi connectivity index (χ3n) is 2.38. The van der Waals surface area contributed by atoms with Crippen LogP contribution in [0.5, 0.6) is 0 Å². The smallest absolute Gasteiger partial charge is 0.135 e. The lowest BCUT2D eigenvalue weighted by Crippen LogP contribution is -2.24.